The van der Waals surface area contributed by atoms with Crippen LogP contribution in [0, 0.1) is 0 Å². The fourth-order valence-electron chi connectivity index (χ4n) is 1.79. The number of aryl methyl sites for hydroxylation is 1. The van der Waals surface area contributed by atoms with Crippen molar-refractivity contribution in [3.05, 3.63) is 46.2 Å². The van der Waals surface area contributed by atoms with Crippen LogP contribution in [0.2, 0.25) is 0 Å². The third-order valence-corrected chi connectivity index (χ3v) is 3.32. The Bertz CT molecular complexity index is 552. The van der Waals surface area contributed by atoms with Gasteiger partial charge in [0.1, 0.15) is 12.4 Å². The molecular weight excluding hydrogens is 308 g/mol. The van der Waals surface area contributed by atoms with Gasteiger partial charge in [0.2, 0.25) is 0 Å². The quantitative estimate of drug-likeness (QED) is 0.917. The van der Waals surface area contributed by atoms with Crippen molar-refractivity contribution < 1.29 is 9.84 Å². The number of hydrogen-bond acceptors (Lipinski definition) is 3. The first kappa shape index (κ1) is 14.1. The van der Waals surface area contributed by atoms with Crippen LogP contribution >= 0.6 is 15.9 Å². The summed E-state index contributed by atoms with van der Waals surface area (Å²) in [6, 6.07) is 5.62. The summed E-state index contributed by atoms with van der Waals surface area (Å²) >= 11 is 3.41. The van der Waals surface area contributed by atoms with E-state index in [1.54, 1.807) is 13.1 Å². The molecule has 5 heteroatoms. The van der Waals surface area contributed by atoms with Gasteiger partial charge in [-0.3, -0.25) is 4.68 Å². The molecule has 0 fully saturated rings. The van der Waals surface area contributed by atoms with E-state index in [0.29, 0.717) is 12.4 Å². The number of aromatic nitrogens is 2. The van der Waals surface area contributed by atoms with E-state index in [9.17, 15) is 5.11 Å². The molecule has 0 saturated carbocycles. The highest BCUT2D eigenvalue weighted by molar-refractivity contribution is 9.10. The normalized spacial score (nSPS) is 12.4. The minimum absolute atomic E-state index is 0.441. The zero-order valence-corrected chi connectivity index (χ0v) is 12.6. The lowest BCUT2D eigenvalue weighted by Gasteiger charge is -2.13. The second-order valence-corrected chi connectivity index (χ2v) is 5.27. The monoisotopic (exact) mass is 324 g/mol. The molecule has 4 nitrogen and oxygen atoms in total. The van der Waals surface area contributed by atoms with Crippen LogP contribution in [0.3, 0.4) is 0 Å². The lowest BCUT2D eigenvalue weighted by molar-refractivity contribution is 0.190. The van der Waals surface area contributed by atoms with Crippen LogP contribution in [0.25, 0.3) is 0 Å². The minimum atomic E-state index is -0.554. The number of benzene rings is 1. The number of rotatable bonds is 5. The zero-order chi connectivity index (χ0) is 13.8. The van der Waals surface area contributed by atoms with E-state index in [1.165, 1.54) is 0 Å². The molecular formula is C14H17BrN2O2. The van der Waals surface area contributed by atoms with Crippen molar-refractivity contribution in [2.45, 2.75) is 33.1 Å². The third kappa shape index (κ3) is 3.58. The van der Waals surface area contributed by atoms with Crippen molar-refractivity contribution in [3.8, 4) is 5.75 Å². The molecule has 0 aliphatic carbocycles. The van der Waals surface area contributed by atoms with Gasteiger partial charge in [-0.2, -0.15) is 5.10 Å². The van der Waals surface area contributed by atoms with Gasteiger partial charge in [0.25, 0.3) is 0 Å². The molecule has 0 saturated heterocycles. The Kier molecular flexibility index (Phi) is 4.61. The Morgan fingerprint density at radius 1 is 1.47 bits per heavy atom. The van der Waals surface area contributed by atoms with E-state index in [-0.39, 0.29) is 0 Å². The van der Waals surface area contributed by atoms with Crippen LogP contribution in [-0.4, -0.2) is 14.9 Å². The molecule has 2 rings (SSSR count). The number of hydrogen-bond donors (Lipinski definition) is 1. The Morgan fingerprint density at radius 3 is 2.89 bits per heavy atom. The maximum absolute atomic E-state index is 9.72. The summed E-state index contributed by atoms with van der Waals surface area (Å²) in [7, 11) is 0. The number of halogens is 1. The molecule has 1 aromatic heterocycles. The lowest BCUT2D eigenvalue weighted by Crippen LogP contribution is -2.00. The van der Waals surface area contributed by atoms with E-state index < -0.39 is 6.10 Å². The molecule has 2 aromatic rings. The van der Waals surface area contributed by atoms with Gasteiger partial charge in [-0.05, 0) is 26.0 Å². The van der Waals surface area contributed by atoms with E-state index in [1.807, 2.05) is 36.0 Å². The molecule has 19 heavy (non-hydrogen) atoms. The average Bonchev–Trinajstić information content (AvgIpc) is 2.84. The molecule has 0 unspecified atom stereocenters. The maximum Gasteiger partial charge on any atom is 0.126 e. The van der Waals surface area contributed by atoms with Gasteiger partial charge < -0.3 is 9.84 Å². The Labute approximate surface area is 121 Å². The van der Waals surface area contributed by atoms with E-state index in [4.69, 9.17) is 4.74 Å². The molecule has 0 spiro atoms. The molecule has 0 amide bonds. The fraction of sp³-hybridized carbons (Fsp3) is 0.357. The summed E-state index contributed by atoms with van der Waals surface area (Å²) in [5, 5.41) is 13.9. The van der Waals surface area contributed by atoms with Gasteiger partial charge >= 0.3 is 0 Å². The van der Waals surface area contributed by atoms with E-state index in [0.717, 1.165) is 22.1 Å². The summed E-state index contributed by atoms with van der Waals surface area (Å²) in [6.45, 7) is 5.05. The van der Waals surface area contributed by atoms with E-state index >= 15 is 0 Å². The molecule has 1 aromatic carbocycles. The number of nitrogens with zero attached hydrogens (tertiary/aromatic N) is 2. The van der Waals surface area contributed by atoms with Crippen LogP contribution in [-0.2, 0) is 13.2 Å². The first-order valence-corrected chi connectivity index (χ1v) is 7.01. The van der Waals surface area contributed by atoms with Crippen LogP contribution in [0.4, 0.5) is 0 Å². The van der Waals surface area contributed by atoms with Crippen molar-refractivity contribution in [1.29, 1.82) is 0 Å². The Hall–Kier alpha value is -1.33. The largest absolute Gasteiger partial charge is 0.488 e. The first-order chi connectivity index (χ1) is 9.10. The standard InChI is InChI=1S/C14H17BrN2O2/c1-3-17-8-11(7-16-17)9-19-14-6-12(15)4-5-13(14)10(2)18/h4-8,10,18H,3,9H2,1-2H3/t10-/m0/s1. The summed E-state index contributed by atoms with van der Waals surface area (Å²) in [4.78, 5) is 0. The molecule has 0 bridgehead atoms. The van der Waals surface area contributed by atoms with Crippen LogP contribution in [0.5, 0.6) is 5.75 Å². The third-order valence-electron chi connectivity index (χ3n) is 2.83. The minimum Gasteiger partial charge on any atom is -0.488 e. The first-order valence-electron chi connectivity index (χ1n) is 6.21. The van der Waals surface area contributed by atoms with Crippen molar-refractivity contribution in [2.24, 2.45) is 0 Å². The summed E-state index contributed by atoms with van der Waals surface area (Å²) in [6.07, 6.45) is 3.20. The number of aliphatic hydroxyl groups is 1. The van der Waals surface area contributed by atoms with Gasteiger partial charge in [-0.15, -0.1) is 0 Å². The zero-order valence-electron chi connectivity index (χ0n) is 11.0. The second-order valence-electron chi connectivity index (χ2n) is 4.35. The Morgan fingerprint density at radius 2 is 2.26 bits per heavy atom. The van der Waals surface area contributed by atoms with Gasteiger partial charge in [0.05, 0.1) is 12.3 Å². The molecule has 1 atom stereocenters. The summed E-state index contributed by atoms with van der Waals surface area (Å²) < 4.78 is 8.56. The van der Waals surface area contributed by atoms with Crippen LogP contribution in [0.15, 0.2) is 35.1 Å². The maximum atomic E-state index is 9.72. The highest BCUT2D eigenvalue weighted by Gasteiger charge is 2.10. The highest BCUT2D eigenvalue weighted by Crippen LogP contribution is 2.29. The fourth-order valence-corrected chi connectivity index (χ4v) is 2.13. The van der Waals surface area contributed by atoms with Gasteiger partial charge in [-0.25, -0.2) is 0 Å². The number of aliphatic hydroxyl groups excluding tert-OH is 1. The van der Waals surface area contributed by atoms with E-state index in [2.05, 4.69) is 21.0 Å². The van der Waals surface area contributed by atoms with Gasteiger partial charge in [-0.1, -0.05) is 22.0 Å². The van der Waals surface area contributed by atoms with Crippen LogP contribution < -0.4 is 4.74 Å². The summed E-state index contributed by atoms with van der Waals surface area (Å²) in [5.41, 5.74) is 1.80. The molecule has 1 N–H and O–H groups in total. The van der Waals surface area contributed by atoms with Crippen molar-refractivity contribution in [2.75, 3.05) is 0 Å². The van der Waals surface area contributed by atoms with Gasteiger partial charge in [0.15, 0.2) is 0 Å². The Balaban J connectivity index is 2.12. The molecule has 1 heterocycles. The second kappa shape index (κ2) is 6.21. The number of ether oxygens (including phenoxy) is 1. The molecule has 0 aliphatic heterocycles. The van der Waals surface area contributed by atoms with Crippen molar-refractivity contribution in [3.63, 3.8) is 0 Å². The smallest absolute Gasteiger partial charge is 0.126 e. The summed E-state index contributed by atoms with van der Waals surface area (Å²) in [5.74, 6) is 0.689. The predicted molar refractivity (Wildman–Crippen MR) is 77.0 cm³/mol. The topological polar surface area (TPSA) is 47.3 Å². The predicted octanol–water partition coefficient (Wildman–Crippen LogP) is 3.30. The van der Waals surface area contributed by atoms with Gasteiger partial charge in [0, 0.05) is 28.3 Å². The van der Waals surface area contributed by atoms with Crippen molar-refractivity contribution >= 4 is 15.9 Å². The molecule has 102 valence electrons. The van der Waals surface area contributed by atoms with Crippen molar-refractivity contribution in [1.82, 2.24) is 9.78 Å². The average molecular weight is 325 g/mol. The van der Waals surface area contributed by atoms with Crippen LogP contribution in [0.1, 0.15) is 31.1 Å². The lowest BCUT2D eigenvalue weighted by atomic mass is 10.1. The SMILES string of the molecule is CCn1cc(COc2cc(Br)ccc2[C@H](C)O)cn1. The highest BCUT2D eigenvalue weighted by atomic mass is 79.9. The molecule has 0 aliphatic rings. The molecule has 0 radical (unpaired) electrons.